The molecule has 2 bridgehead atoms. The molecule has 4 heteroatoms. The van der Waals surface area contributed by atoms with E-state index in [1.165, 1.54) is 25.9 Å². The lowest BCUT2D eigenvalue weighted by Gasteiger charge is -2.45. The molecule has 3 saturated heterocycles. The van der Waals surface area contributed by atoms with Crippen LogP contribution in [-0.4, -0.2) is 40.5 Å². The van der Waals surface area contributed by atoms with Crippen LogP contribution in [0.1, 0.15) is 12.8 Å². The fourth-order valence-corrected chi connectivity index (χ4v) is 3.52. The van der Waals surface area contributed by atoms with Crippen molar-refractivity contribution in [3.63, 3.8) is 0 Å². The number of hydrogen-bond donors (Lipinski definition) is 1. The number of aromatic nitrogens is 2. The number of rotatable bonds is 3. The van der Waals surface area contributed by atoms with Crippen molar-refractivity contribution in [1.82, 2.24) is 14.9 Å². The fraction of sp³-hybridized carbons (Fsp3) is 0.412. The van der Waals surface area contributed by atoms with E-state index in [1.807, 2.05) is 18.2 Å². The molecule has 0 saturated carbocycles. The van der Waals surface area contributed by atoms with Crippen LogP contribution in [0.2, 0.25) is 0 Å². The molecule has 3 aliphatic rings. The maximum Gasteiger partial charge on any atom is 0.130 e. The quantitative estimate of drug-likeness (QED) is 0.938. The van der Waals surface area contributed by atoms with Crippen LogP contribution in [0.15, 0.2) is 42.7 Å². The number of fused-ring (bicyclic) bond motifs is 3. The molecule has 3 fully saturated rings. The maximum atomic E-state index is 4.40. The Morgan fingerprint density at radius 3 is 2.57 bits per heavy atom. The van der Waals surface area contributed by atoms with Gasteiger partial charge in [0, 0.05) is 24.2 Å². The molecule has 0 amide bonds. The first-order valence-electron chi connectivity index (χ1n) is 7.75. The van der Waals surface area contributed by atoms with Gasteiger partial charge < -0.3 is 10.2 Å². The van der Waals surface area contributed by atoms with Crippen LogP contribution < -0.4 is 5.32 Å². The Hall–Kier alpha value is -1.94. The van der Waals surface area contributed by atoms with Crippen molar-refractivity contribution in [3.8, 4) is 11.3 Å². The minimum absolute atomic E-state index is 0.533. The number of nitrogens with one attached hydrogen (secondary N) is 1. The van der Waals surface area contributed by atoms with Crippen molar-refractivity contribution < 1.29 is 0 Å². The van der Waals surface area contributed by atoms with E-state index in [0.29, 0.717) is 6.04 Å². The first-order valence-corrected chi connectivity index (χ1v) is 7.75. The predicted molar refractivity (Wildman–Crippen MR) is 84.0 cm³/mol. The first kappa shape index (κ1) is 12.8. The molecule has 5 rings (SSSR count). The summed E-state index contributed by atoms with van der Waals surface area (Å²) in [6.45, 7) is 3.68. The average molecular weight is 280 g/mol. The van der Waals surface area contributed by atoms with E-state index in [9.17, 15) is 0 Å². The Bertz CT molecular complexity index is 605. The van der Waals surface area contributed by atoms with Gasteiger partial charge in [0.05, 0.1) is 5.69 Å². The molecule has 4 heterocycles. The molecule has 0 aliphatic carbocycles. The van der Waals surface area contributed by atoms with Crippen LogP contribution in [0.4, 0.5) is 5.82 Å². The van der Waals surface area contributed by atoms with E-state index in [2.05, 4.69) is 38.4 Å². The molecule has 1 atom stereocenters. The molecule has 1 N–H and O–H groups in total. The van der Waals surface area contributed by atoms with Crippen molar-refractivity contribution in [2.24, 2.45) is 5.92 Å². The van der Waals surface area contributed by atoms with Gasteiger partial charge in [-0.25, -0.2) is 9.97 Å². The molecule has 0 radical (unpaired) electrons. The number of anilines is 1. The van der Waals surface area contributed by atoms with Gasteiger partial charge in [0.1, 0.15) is 12.1 Å². The summed E-state index contributed by atoms with van der Waals surface area (Å²) < 4.78 is 0. The molecule has 0 spiro atoms. The molecule has 108 valence electrons. The van der Waals surface area contributed by atoms with Gasteiger partial charge in [-0.05, 0) is 31.8 Å². The summed E-state index contributed by atoms with van der Waals surface area (Å²) in [5, 5.41) is 3.63. The third kappa shape index (κ3) is 2.63. The summed E-state index contributed by atoms with van der Waals surface area (Å²) in [7, 11) is 0. The summed E-state index contributed by atoms with van der Waals surface area (Å²) in [6.07, 6.45) is 4.29. The van der Waals surface area contributed by atoms with E-state index in [4.69, 9.17) is 0 Å². The maximum absolute atomic E-state index is 4.40. The highest BCUT2D eigenvalue weighted by Crippen LogP contribution is 2.29. The largest absolute Gasteiger partial charge is 0.366 e. The minimum atomic E-state index is 0.533. The van der Waals surface area contributed by atoms with Gasteiger partial charge >= 0.3 is 0 Å². The lowest BCUT2D eigenvalue weighted by molar-refractivity contribution is 0.0974. The summed E-state index contributed by atoms with van der Waals surface area (Å²) >= 11 is 0. The van der Waals surface area contributed by atoms with Crippen molar-refractivity contribution in [2.75, 3.05) is 25.0 Å². The molecular formula is C17H20N4. The van der Waals surface area contributed by atoms with Crippen molar-refractivity contribution in [3.05, 3.63) is 42.7 Å². The lowest BCUT2D eigenvalue weighted by Crippen LogP contribution is -2.53. The van der Waals surface area contributed by atoms with Crippen LogP contribution in [0.5, 0.6) is 0 Å². The Morgan fingerprint density at radius 2 is 1.86 bits per heavy atom. The Labute approximate surface area is 125 Å². The van der Waals surface area contributed by atoms with E-state index in [-0.39, 0.29) is 0 Å². The SMILES string of the molecule is c1ccc(-c2cc(NC3CN4CCC3CC4)ncn2)cc1. The average Bonchev–Trinajstić information content (AvgIpc) is 2.57. The van der Waals surface area contributed by atoms with Gasteiger partial charge in [-0.3, -0.25) is 0 Å². The van der Waals surface area contributed by atoms with Crippen LogP contribution in [0.3, 0.4) is 0 Å². The Balaban J connectivity index is 1.53. The Kier molecular flexibility index (Phi) is 3.31. The van der Waals surface area contributed by atoms with Gasteiger partial charge in [0.25, 0.3) is 0 Å². The van der Waals surface area contributed by atoms with Gasteiger partial charge in [-0.15, -0.1) is 0 Å². The number of piperidine rings is 3. The molecule has 3 aliphatic heterocycles. The topological polar surface area (TPSA) is 41.0 Å². The summed E-state index contributed by atoms with van der Waals surface area (Å²) in [5.41, 5.74) is 2.12. The predicted octanol–water partition coefficient (Wildman–Crippen LogP) is 2.65. The second-order valence-corrected chi connectivity index (χ2v) is 6.04. The highest BCUT2D eigenvalue weighted by molar-refractivity contribution is 5.62. The van der Waals surface area contributed by atoms with Crippen LogP contribution >= 0.6 is 0 Å². The Morgan fingerprint density at radius 1 is 1.05 bits per heavy atom. The second-order valence-electron chi connectivity index (χ2n) is 6.04. The van der Waals surface area contributed by atoms with Gasteiger partial charge in [0.15, 0.2) is 0 Å². The van der Waals surface area contributed by atoms with Gasteiger partial charge in [-0.2, -0.15) is 0 Å². The van der Waals surface area contributed by atoms with Crippen molar-refractivity contribution in [1.29, 1.82) is 0 Å². The summed E-state index contributed by atoms with van der Waals surface area (Å²) in [4.78, 5) is 11.3. The molecule has 1 aromatic carbocycles. The first-order chi connectivity index (χ1) is 10.4. The van der Waals surface area contributed by atoms with Crippen LogP contribution in [-0.2, 0) is 0 Å². The number of benzene rings is 1. The zero-order valence-corrected chi connectivity index (χ0v) is 12.1. The van der Waals surface area contributed by atoms with E-state index < -0.39 is 0 Å². The zero-order valence-electron chi connectivity index (χ0n) is 12.1. The second kappa shape index (κ2) is 5.45. The normalized spacial score (nSPS) is 27.5. The van der Waals surface area contributed by atoms with E-state index in [1.54, 1.807) is 6.33 Å². The van der Waals surface area contributed by atoms with Crippen LogP contribution in [0.25, 0.3) is 11.3 Å². The molecule has 4 nitrogen and oxygen atoms in total. The molecule has 1 aromatic heterocycles. The molecule has 21 heavy (non-hydrogen) atoms. The monoisotopic (exact) mass is 280 g/mol. The third-order valence-corrected chi connectivity index (χ3v) is 4.73. The third-order valence-electron chi connectivity index (χ3n) is 4.73. The molecule has 2 aromatic rings. The van der Waals surface area contributed by atoms with Crippen LogP contribution in [0, 0.1) is 5.92 Å². The zero-order chi connectivity index (χ0) is 14.1. The number of nitrogens with zero attached hydrogens (tertiary/aromatic N) is 3. The smallest absolute Gasteiger partial charge is 0.130 e. The highest BCUT2D eigenvalue weighted by atomic mass is 15.2. The summed E-state index contributed by atoms with van der Waals surface area (Å²) in [6, 6.07) is 12.9. The lowest BCUT2D eigenvalue weighted by atomic mass is 9.84. The van der Waals surface area contributed by atoms with Crippen molar-refractivity contribution in [2.45, 2.75) is 18.9 Å². The van der Waals surface area contributed by atoms with Crippen molar-refractivity contribution >= 4 is 5.82 Å². The fourth-order valence-electron chi connectivity index (χ4n) is 3.52. The minimum Gasteiger partial charge on any atom is -0.366 e. The van der Waals surface area contributed by atoms with Gasteiger partial charge in [-0.1, -0.05) is 30.3 Å². The molecular weight excluding hydrogens is 260 g/mol. The molecule has 1 unspecified atom stereocenters. The van der Waals surface area contributed by atoms with E-state index >= 15 is 0 Å². The number of hydrogen-bond acceptors (Lipinski definition) is 4. The highest BCUT2D eigenvalue weighted by Gasteiger charge is 2.34. The standard InChI is InChI=1S/C17H20N4/c1-2-4-13(5-3-1)15-10-17(19-12-18-15)20-16-11-21-8-6-14(16)7-9-21/h1-5,10,12,14,16H,6-9,11H2,(H,18,19,20). The van der Waals surface area contributed by atoms with E-state index in [0.717, 1.165) is 29.5 Å². The summed E-state index contributed by atoms with van der Waals surface area (Å²) in [5.74, 6) is 1.74. The van der Waals surface area contributed by atoms with Gasteiger partial charge in [0.2, 0.25) is 0 Å².